The van der Waals surface area contributed by atoms with Gasteiger partial charge in [-0.2, -0.15) is 4.31 Å². The third-order valence-corrected chi connectivity index (χ3v) is 6.51. The third-order valence-electron chi connectivity index (χ3n) is 4.60. The van der Waals surface area contributed by atoms with E-state index in [-0.39, 0.29) is 10.6 Å². The van der Waals surface area contributed by atoms with Gasteiger partial charge in [0, 0.05) is 19.2 Å². The maximum atomic E-state index is 13.6. The minimum atomic E-state index is -3.56. The lowest BCUT2D eigenvalue weighted by Crippen LogP contribution is -2.31. The summed E-state index contributed by atoms with van der Waals surface area (Å²) < 4.78 is 58.7. The molecule has 0 bridgehead atoms. The summed E-state index contributed by atoms with van der Waals surface area (Å²) in [6, 6.07) is 8.63. The Hall–Kier alpha value is -2.52. The molecule has 1 amide bonds. The van der Waals surface area contributed by atoms with E-state index < -0.39 is 34.2 Å². The molecule has 0 atom stereocenters. The standard InChI is InChI=1S/C20H22F2N2O4S/c21-15-5-10-19(18(22)13-15)23-20(25)14-28-16-6-8-17(9-7-16)29(26,27)24-11-3-1-2-4-12-24/h5-10,13H,1-4,11-12,14H2,(H,23,25). The quantitative estimate of drug-likeness (QED) is 0.770. The summed E-state index contributed by atoms with van der Waals surface area (Å²) in [6.45, 7) is 0.621. The van der Waals surface area contributed by atoms with Gasteiger partial charge in [-0.3, -0.25) is 4.79 Å². The van der Waals surface area contributed by atoms with Crippen molar-refractivity contribution < 1.29 is 26.7 Å². The lowest BCUT2D eigenvalue weighted by molar-refractivity contribution is -0.118. The Bertz CT molecular complexity index is 957. The number of amides is 1. The van der Waals surface area contributed by atoms with Crippen LogP contribution in [0.5, 0.6) is 5.75 Å². The average molecular weight is 424 g/mol. The molecule has 2 aromatic carbocycles. The highest BCUT2D eigenvalue weighted by atomic mass is 32.2. The average Bonchev–Trinajstić information content (AvgIpc) is 2.99. The van der Waals surface area contributed by atoms with Crippen molar-refractivity contribution in [3.63, 3.8) is 0 Å². The van der Waals surface area contributed by atoms with E-state index in [9.17, 15) is 22.0 Å². The molecule has 1 heterocycles. The van der Waals surface area contributed by atoms with Crippen LogP contribution in [0.15, 0.2) is 47.4 Å². The molecule has 0 spiro atoms. The fourth-order valence-electron chi connectivity index (χ4n) is 3.06. The lowest BCUT2D eigenvalue weighted by Gasteiger charge is -2.20. The van der Waals surface area contributed by atoms with Crippen LogP contribution in [0.3, 0.4) is 0 Å². The fourth-order valence-corrected chi connectivity index (χ4v) is 4.58. The van der Waals surface area contributed by atoms with Gasteiger partial charge < -0.3 is 10.1 Å². The van der Waals surface area contributed by atoms with E-state index in [1.165, 1.54) is 28.6 Å². The SMILES string of the molecule is O=C(COc1ccc(S(=O)(=O)N2CCCCCC2)cc1)Nc1ccc(F)cc1F. The number of benzene rings is 2. The van der Waals surface area contributed by atoms with Crippen LogP contribution < -0.4 is 10.1 Å². The lowest BCUT2D eigenvalue weighted by atomic mass is 10.2. The number of anilines is 1. The maximum Gasteiger partial charge on any atom is 0.262 e. The summed E-state index contributed by atoms with van der Waals surface area (Å²) in [7, 11) is -3.56. The van der Waals surface area contributed by atoms with Crippen molar-refractivity contribution in [3.05, 3.63) is 54.1 Å². The van der Waals surface area contributed by atoms with E-state index in [2.05, 4.69) is 5.32 Å². The number of hydrogen-bond acceptors (Lipinski definition) is 4. The minimum absolute atomic E-state index is 0.154. The molecule has 0 unspecified atom stereocenters. The highest BCUT2D eigenvalue weighted by molar-refractivity contribution is 7.89. The number of carbonyl (C=O) groups excluding carboxylic acids is 1. The first kappa shape index (κ1) is 21.2. The van der Waals surface area contributed by atoms with Crippen LogP contribution in [-0.2, 0) is 14.8 Å². The largest absolute Gasteiger partial charge is 0.484 e. The Balaban J connectivity index is 1.58. The maximum absolute atomic E-state index is 13.6. The molecule has 6 nitrogen and oxygen atoms in total. The van der Waals surface area contributed by atoms with Crippen LogP contribution >= 0.6 is 0 Å². The zero-order chi connectivity index (χ0) is 20.9. The smallest absolute Gasteiger partial charge is 0.262 e. The molecular formula is C20H22F2N2O4S. The molecule has 29 heavy (non-hydrogen) atoms. The normalized spacial score (nSPS) is 15.5. The van der Waals surface area contributed by atoms with Crippen molar-refractivity contribution in [1.82, 2.24) is 4.31 Å². The van der Waals surface area contributed by atoms with Gasteiger partial charge >= 0.3 is 0 Å². The second-order valence-electron chi connectivity index (χ2n) is 6.75. The first-order chi connectivity index (χ1) is 13.9. The molecule has 1 N–H and O–H groups in total. The molecule has 9 heteroatoms. The summed E-state index contributed by atoms with van der Waals surface area (Å²) in [6.07, 6.45) is 3.76. The third kappa shape index (κ3) is 5.51. The molecule has 1 aliphatic rings. The number of sulfonamides is 1. The summed E-state index contributed by atoms with van der Waals surface area (Å²) >= 11 is 0. The molecule has 156 valence electrons. The summed E-state index contributed by atoms with van der Waals surface area (Å²) in [5.41, 5.74) is -0.154. The summed E-state index contributed by atoms with van der Waals surface area (Å²) in [5.74, 6) is -1.96. The molecule has 1 aliphatic heterocycles. The van der Waals surface area contributed by atoms with Gasteiger partial charge in [0.15, 0.2) is 6.61 Å². The van der Waals surface area contributed by atoms with Crippen molar-refractivity contribution in [2.75, 3.05) is 25.0 Å². The van der Waals surface area contributed by atoms with Crippen LogP contribution in [0.4, 0.5) is 14.5 Å². The molecule has 0 radical (unpaired) electrons. The van der Waals surface area contributed by atoms with Crippen molar-refractivity contribution in [2.24, 2.45) is 0 Å². The number of nitrogens with one attached hydrogen (secondary N) is 1. The zero-order valence-corrected chi connectivity index (χ0v) is 16.6. The minimum Gasteiger partial charge on any atom is -0.484 e. The van der Waals surface area contributed by atoms with E-state index in [0.29, 0.717) is 24.9 Å². The van der Waals surface area contributed by atoms with E-state index in [1.807, 2.05) is 0 Å². The molecule has 1 saturated heterocycles. The first-order valence-corrected chi connectivity index (χ1v) is 10.8. The Morgan fingerprint density at radius 1 is 1.00 bits per heavy atom. The second-order valence-corrected chi connectivity index (χ2v) is 8.69. The van der Waals surface area contributed by atoms with E-state index in [4.69, 9.17) is 4.74 Å². The predicted octanol–water partition coefficient (Wildman–Crippen LogP) is 3.55. The monoisotopic (exact) mass is 424 g/mol. The van der Waals surface area contributed by atoms with Crippen LogP contribution in [0.2, 0.25) is 0 Å². The van der Waals surface area contributed by atoms with Gasteiger partial charge in [-0.1, -0.05) is 12.8 Å². The molecule has 0 aromatic heterocycles. The van der Waals surface area contributed by atoms with Crippen molar-refractivity contribution in [3.8, 4) is 5.75 Å². The van der Waals surface area contributed by atoms with Crippen LogP contribution in [-0.4, -0.2) is 38.3 Å². The van der Waals surface area contributed by atoms with Gasteiger partial charge in [0.2, 0.25) is 10.0 Å². The van der Waals surface area contributed by atoms with Crippen molar-refractivity contribution >= 4 is 21.6 Å². The van der Waals surface area contributed by atoms with E-state index >= 15 is 0 Å². The van der Waals surface area contributed by atoms with E-state index in [0.717, 1.165) is 37.8 Å². The Kier molecular flexibility index (Phi) is 6.81. The van der Waals surface area contributed by atoms with Gasteiger partial charge in [-0.25, -0.2) is 17.2 Å². The van der Waals surface area contributed by atoms with Gasteiger partial charge in [0.05, 0.1) is 10.6 Å². The van der Waals surface area contributed by atoms with Gasteiger partial charge in [0.25, 0.3) is 5.91 Å². The Labute approximate surface area is 168 Å². The summed E-state index contributed by atoms with van der Waals surface area (Å²) in [5, 5.41) is 2.28. The number of carbonyl (C=O) groups is 1. The van der Waals surface area contributed by atoms with Crippen molar-refractivity contribution in [1.29, 1.82) is 0 Å². The highest BCUT2D eigenvalue weighted by Gasteiger charge is 2.25. The Morgan fingerprint density at radius 2 is 1.66 bits per heavy atom. The summed E-state index contributed by atoms with van der Waals surface area (Å²) in [4.78, 5) is 12.1. The number of hydrogen-bond donors (Lipinski definition) is 1. The number of halogens is 2. The fraction of sp³-hybridized carbons (Fsp3) is 0.350. The number of rotatable bonds is 6. The van der Waals surface area contributed by atoms with Crippen LogP contribution in [0.25, 0.3) is 0 Å². The van der Waals surface area contributed by atoms with Gasteiger partial charge in [-0.05, 0) is 49.2 Å². The molecule has 2 aromatic rings. The molecule has 3 rings (SSSR count). The highest BCUT2D eigenvalue weighted by Crippen LogP contribution is 2.22. The van der Waals surface area contributed by atoms with Gasteiger partial charge in [0.1, 0.15) is 17.4 Å². The molecule has 0 aliphatic carbocycles. The first-order valence-electron chi connectivity index (χ1n) is 9.34. The Morgan fingerprint density at radius 3 is 2.28 bits per heavy atom. The molecular weight excluding hydrogens is 402 g/mol. The van der Waals surface area contributed by atoms with Crippen molar-refractivity contribution in [2.45, 2.75) is 30.6 Å². The topological polar surface area (TPSA) is 75.7 Å². The number of nitrogens with zero attached hydrogens (tertiary/aromatic N) is 1. The zero-order valence-electron chi connectivity index (χ0n) is 15.7. The van der Waals surface area contributed by atoms with E-state index in [1.54, 1.807) is 0 Å². The number of ether oxygens (including phenoxy) is 1. The molecule has 0 saturated carbocycles. The second kappa shape index (κ2) is 9.32. The van der Waals surface area contributed by atoms with Gasteiger partial charge in [-0.15, -0.1) is 0 Å². The predicted molar refractivity (Wildman–Crippen MR) is 104 cm³/mol. The van der Waals surface area contributed by atoms with Crippen LogP contribution in [0, 0.1) is 11.6 Å². The van der Waals surface area contributed by atoms with Crippen LogP contribution in [0.1, 0.15) is 25.7 Å². The molecule has 1 fully saturated rings.